The lowest BCUT2D eigenvalue weighted by Crippen LogP contribution is -2.50. The second kappa shape index (κ2) is 9.80. The lowest BCUT2D eigenvalue weighted by Gasteiger charge is -2.31. The number of rotatable bonds is 8. The smallest absolute Gasteiger partial charge is 0.258 e. The van der Waals surface area contributed by atoms with Crippen LogP contribution in [0.4, 0.5) is 0 Å². The van der Waals surface area contributed by atoms with Crippen LogP contribution in [0.1, 0.15) is 16.9 Å². The van der Waals surface area contributed by atoms with Gasteiger partial charge in [0, 0.05) is 18.0 Å². The third-order valence-electron chi connectivity index (χ3n) is 4.48. The van der Waals surface area contributed by atoms with Crippen molar-refractivity contribution < 1.29 is 14.3 Å². The molecule has 0 bridgehead atoms. The number of carbonyl (C=O) groups excluding carboxylic acids is 2. The van der Waals surface area contributed by atoms with Crippen molar-refractivity contribution in [3.8, 4) is 5.75 Å². The molecule has 0 saturated carbocycles. The lowest BCUT2D eigenvalue weighted by molar-refractivity contribution is -0.137. The molecule has 1 aromatic heterocycles. The van der Waals surface area contributed by atoms with Crippen LogP contribution >= 0.6 is 23.1 Å². The van der Waals surface area contributed by atoms with Crippen LogP contribution in [0.5, 0.6) is 5.75 Å². The van der Waals surface area contributed by atoms with Gasteiger partial charge in [-0.25, -0.2) is 0 Å². The molecule has 0 spiro atoms. The van der Waals surface area contributed by atoms with Gasteiger partial charge in [0.1, 0.15) is 11.8 Å². The number of benzene rings is 1. The summed E-state index contributed by atoms with van der Waals surface area (Å²) in [7, 11) is 0. The summed E-state index contributed by atoms with van der Waals surface area (Å²) < 4.78 is 5.49. The van der Waals surface area contributed by atoms with E-state index < -0.39 is 6.04 Å². The van der Waals surface area contributed by atoms with Crippen molar-refractivity contribution in [2.75, 3.05) is 25.2 Å². The Bertz CT molecular complexity index is 764. The zero-order valence-electron chi connectivity index (χ0n) is 15.3. The van der Waals surface area contributed by atoms with E-state index in [0.29, 0.717) is 25.3 Å². The van der Waals surface area contributed by atoms with E-state index >= 15 is 0 Å². The van der Waals surface area contributed by atoms with E-state index in [2.05, 4.69) is 16.8 Å². The van der Waals surface area contributed by atoms with Crippen molar-refractivity contribution >= 4 is 34.9 Å². The van der Waals surface area contributed by atoms with E-state index in [0.717, 1.165) is 12.2 Å². The van der Waals surface area contributed by atoms with Gasteiger partial charge in [0.15, 0.2) is 6.61 Å². The Kier molecular flexibility index (Phi) is 7.18. The van der Waals surface area contributed by atoms with Crippen molar-refractivity contribution in [2.24, 2.45) is 0 Å². The van der Waals surface area contributed by atoms with Crippen LogP contribution in [0.3, 0.4) is 0 Å². The van der Waals surface area contributed by atoms with E-state index in [-0.39, 0.29) is 18.4 Å². The molecule has 1 atom stereocenters. The summed E-state index contributed by atoms with van der Waals surface area (Å²) in [6.45, 7) is 1.24. The Morgan fingerprint density at radius 2 is 2.11 bits per heavy atom. The summed E-state index contributed by atoms with van der Waals surface area (Å²) in [4.78, 5) is 28.6. The summed E-state index contributed by atoms with van der Waals surface area (Å²) >= 11 is 3.42. The molecule has 2 heterocycles. The second-order valence-electron chi connectivity index (χ2n) is 6.38. The van der Waals surface area contributed by atoms with E-state index in [9.17, 15) is 9.59 Å². The van der Waals surface area contributed by atoms with Gasteiger partial charge < -0.3 is 15.0 Å². The summed E-state index contributed by atoms with van der Waals surface area (Å²) in [5.74, 6) is 1.18. The van der Waals surface area contributed by atoms with Crippen LogP contribution in [-0.2, 0) is 22.6 Å². The number of fused-ring (bicyclic) bond motifs is 1. The first-order valence-corrected chi connectivity index (χ1v) is 11.2. The molecule has 3 rings (SSSR count). The monoisotopic (exact) mass is 404 g/mol. The molecule has 1 N–H and O–H groups in total. The molecule has 0 aliphatic carbocycles. The van der Waals surface area contributed by atoms with Crippen LogP contribution in [0.2, 0.25) is 0 Å². The zero-order chi connectivity index (χ0) is 19.1. The molecule has 7 heteroatoms. The van der Waals surface area contributed by atoms with Crippen LogP contribution < -0.4 is 10.1 Å². The number of nitrogens with one attached hydrogen (secondary N) is 1. The predicted molar refractivity (Wildman–Crippen MR) is 110 cm³/mol. The van der Waals surface area contributed by atoms with Crippen LogP contribution in [0.15, 0.2) is 41.8 Å². The normalized spacial score (nSPS) is 14.3. The Morgan fingerprint density at radius 1 is 1.30 bits per heavy atom. The minimum atomic E-state index is -0.510. The van der Waals surface area contributed by atoms with Gasteiger partial charge in [-0.15, -0.1) is 11.3 Å². The van der Waals surface area contributed by atoms with E-state index in [1.54, 1.807) is 35.2 Å². The summed E-state index contributed by atoms with van der Waals surface area (Å²) in [5, 5.41) is 4.95. The molecule has 1 aromatic carbocycles. The number of amides is 2. The molecular weight excluding hydrogens is 380 g/mol. The lowest BCUT2D eigenvalue weighted by atomic mass is 10.1. The van der Waals surface area contributed by atoms with E-state index in [1.807, 2.05) is 29.4 Å². The largest absolute Gasteiger partial charge is 0.484 e. The molecule has 27 heavy (non-hydrogen) atoms. The maximum absolute atomic E-state index is 13.0. The maximum Gasteiger partial charge on any atom is 0.258 e. The van der Waals surface area contributed by atoms with Crippen LogP contribution in [0, 0.1) is 0 Å². The molecule has 2 aromatic rings. The number of hydrogen-bond donors (Lipinski definition) is 1. The highest BCUT2D eigenvalue weighted by Crippen LogP contribution is 2.24. The third kappa shape index (κ3) is 5.49. The minimum absolute atomic E-state index is 0.00559. The molecule has 1 unspecified atom stereocenters. The molecule has 2 amide bonds. The molecule has 1 aliphatic rings. The second-order valence-corrected chi connectivity index (χ2v) is 8.37. The quantitative estimate of drug-likeness (QED) is 0.735. The highest BCUT2D eigenvalue weighted by atomic mass is 32.2. The van der Waals surface area contributed by atoms with E-state index in [1.165, 1.54) is 10.4 Å². The SMILES string of the molecule is CSCCC(NC(=O)COc1ccccc1)C(=O)N1CCc2sccc2C1. The Hall–Kier alpha value is -1.99. The highest BCUT2D eigenvalue weighted by Gasteiger charge is 2.28. The predicted octanol–water partition coefficient (Wildman–Crippen LogP) is 2.95. The van der Waals surface area contributed by atoms with Crippen LogP contribution in [-0.4, -0.2) is 47.9 Å². The average Bonchev–Trinajstić information content (AvgIpc) is 3.17. The highest BCUT2D eigenvalue weighted by molar-refractivity contribution is 7.98. The Morgan fingerprint density at radius 3 is 2.89 bits per heavy atom. The number of thiophene rings is 1. The van der Waals surface area contributed by atoms with Gasteiger partial charge in [-0.2, -0.15) is 11.8 Å². The molecule has 5 nitrogen and oxygen atoms in total. The van der Waals surface area contributed by atoms with Crippen molar-refractivity contribution in [3.05, 3.63) is 52.2 Å². The first-order chi connectivity index (χ1) is 13.2. The summed E-state index contributed by atoms with van der Waals surface area (Å²) in [6, 6.07) is 10.8. The van der Waals surface area contributed by atoms with Crippen molar-refractivity contribution in [2.45, 2.75) is 25.4 Å². The number of para-hydroxylation sites is 1. The number of ether oxygens (including phenoxy) is 1. The van der Waals surface area contributed by atoms with Gasteiger partial charge in [-0.3, -0.25) is 9.59 Å². The van der Waals surface area contributed by atoms with Gasteiger partial charge in [0.05, 0.1) is 0 Å². The molecule has 0 radical (unpaired) electrons. The van der Waals surface area contributed by atoms with Crippen molar-refractivity contribution in [1.29, 1.82) is 0 Å². The van der Waals surface area contributed by atoms with Crippen molar-refractivity contribution in [3.63, 3.8) is 0 Å². The van der Waals surface area contributed by atoms with Gasteiger partial charge in [0.25, 0.3) is 5.91 Å². The maximum atomic E-state index is 13.0. The topological polar surface area (TPSA) is 58.6 Å². The van der Waals surface area contributed by atoms with Crippen molar-refractivity contribution in [1.82, 2.24) is 10.2 Å². The molecule has 144 valence electrons. The number of carbonyl (C=O) groups is 2. The molecule has 1 aliphatic heterocycles. The summed E-state index contributed by atoms with van der Waals surface area (Å²) in [6.07, 6.45) is 3.50. The van der Waals surface area contributed by atoms with Gasteiger partial charge in [-0.05, 0) is 54.0 Å². The first-order valence-electron chi connectivity index (χ1n) is 8.97. The van der Waals surface area contributed by atoms with E-state index in [4.69, 9.17) is 4.74 Å². The van der Waals surface area contributed by atoms with Gasteiger partial charge >= 0.3 is 0 Å². The first kappa shape index (κ1) is 19.8. The fraction of sp³-hybridized carbons (Fsp3) is 0.400. The molecule has 0 fully saturated rings. The average molecular weight is 405 g/mol. The Balaban J connectivity index is 1.57. The number of hydrogen-bond acceptors (Lipinski definition) is 5. The number of thioether (sulfide) groups is 1. The minimum Gasteiger partial charge on any atom is -0.484 e. The fourth-order valence-corrected chi connectivity index (χ4v) is 4.41. The summed E-state index contributed by atoms with van der Waals surface area (Å²) in [5.41, 5.74) is 1.22. The van der Waals surface area contributed by atoms with Gasteiger partial charge in [-0.1, -0.05) is 18.2 Å². The Labute approximate surface area is 168 Å². The standard InChI is InChI=1S/C20H24N2O3S2/c1-26-11-9-17(21-19(23)14-25-16-5-3-2-4-6-16)20(24)22-10-7-18-15(13-22)8-12-27-18/h2-6,8,12,17H,7,9-11,13-14H2,1H3,(H,21,23). The van der Waals surface area contributed by atoms with Gasteiger partial charge in [0.2, 0.25) is 5.91 Å². The fourth-order valence-electron chi connectivity index (χ4n) is 3.05. The zero-order valence-corrected chi connectivity index (χ0v) is 17.0. The third-order valence-corrected chi connectivity index (χ3v) is 6.14. The molecular formula is C20H24N2O3S2. The van der Waals surface area contributed by atoms with Crippen LogP contribution in [0.25, 0.3) is 0 Å². The molecule has 0 saturated heterocycles. The number of nitrogens with zero attached hydrogens (tertiary/aromatic N) is 1.